The summed E-state index contributed by atoms with van der Waals surface area (Å²) in [6, 6.07) is 19.8. The van der Waals surface area contributed by atoms with E-state index in [0.717, 1.165) is 41.4 Å². The van der Waals surface area contributed by atoms with Gasteiger partial charge in [0.25, 0.3) is 5.69 Å². The lowest BCUT2D eigenvalue weighted by Crippen LogP contribution is -2.30. The minimum Gasteiger partial charge on any atom is -0.356 e. The van der Waals surface area contributed by atoms with Gasteiger partial charge in [-0.1, -0.05) is 36.4 Å². The molecular formula is C33H33N7O4. The highest BCUT2D eigenvalue weighted by molar-refractivity contribution is 6.24. The molecule has 44 heavy (non-hydrogen) atoms. The molecule has 0 radical (unpaired) electrons. The standard InChI is InChI=1S/C33H33N7O4/c1-21(41)34-16-15-22-5-7-24(8-6-22)31(30-27-19-26(40(43)44)13-14-28(27)37-32(30)42)36-25-11-9-23(10-12-25)29-20-35-33(38-29)39-17-3-2-4-18-39/h5-14,19-20,30H,2-4,15-18H2,1H3,(H,34,41)(H,35,38)(H,37,42). The van der Waals surface area contributed by atoms with E-state index >= 15 is 0 Å². The number of aromatic nitrogens is 2. The number of imidazole rings is 1. The highest BCUT2D eigenvalue weighted by atomic mass is 16.6. The number of fused-ring (bicyclic) bond motifs is 1. The van der Waals surface area contributed by atoms with Crippen LogP contribution >= 0.6 is 0 Å². The SMILES string of the molecule is CC(=O)NCCc1ccc(C(=Nc2ccc(-c3cnc(N4CCCCC4)[nH]3)cc2)C2C(=O)Nc3ccc([N+](=O)[O-])cc32)cc1. The Labute approximate surface area is 254 Å². The number of non-ortho nitro benzene ring substituents is 1. The van der Waals surface area contributed by atoms with Crippen molar-refractivity contribution in [2.75, 3.05) is 29.9 Å². The minimum atomic E-state index is -0.838. The Morgan fingerprint density at radius 2 is 1.82 bits per heavy atom. The number of piperidine rings is 1. The molecular weight excluding hydrogens is 558 g/mol. The molecule has 1 saturated heterocycles. The molecule has 2 amide bonds. The van der Waals surface area contributed by atoms with Crippen molar-refractivity contribution in [3.8, 4) is 11.3 Å². The van der Waals surface area contributed by atoms with Gasteiger partial charge in [0.1, 0.15) is 5.92 Å². The molecule has 1 atom stereocenters. The van der Waals surface area contributed by atoms with Gasteiger partial charge in [-0.25, -0.2) is 4.98 Å². The van der Waals surface area contributed by atoms with Crippen molar-refractivity contribution in [1.29, 1.82) is 0 Å². The maximum atomic E-state index is 13.3. The molecule has 0 spiro atoms. The summed E-state index contributed by atoms with van der Waals surface area (Å²) in [5, 5.41) is 17.2. The Morgan fingerprint density at radius 3 is 2.52 bits per heavy atom. The molecule has 11 heteroatoms. The van der Waals surface area contributed by atoms with Gasteiger partial charge in [0.15, 0.2) is 0 Å². The van der Waals surface area contributed by atoms with Crippen LogP contribution in [0.2, 0.25) is 0 Å². The summed E-state index contributed by atoms with van der Waals surface area (Å²) in [7, 11) is 0. The number of hydrogen-bond acceptors (Lipinski definition) is 7. The van der Waals surface area contributed by atoms with E-state index in [1.54, 1.807) is 6.07 Å². The Balaban J connectivity index is 1.33. The molecule has 3 N–H and O–H groups in total. The zero-order valence-electron chi connectivity index (χ0n) is 24.4. The average molecular weight is 592 g/mol. The van der Waals surface area contributed by atoms with Crippen LogP contribution in [-0.2, 0) is 16.0 Å². The number of benzene rings is 3. The zero-order chi connectivity index (χ0) is 30.6. The van der Waals surface area contributed by atoms with Gasteiger partial charge in [0, 0.05) is 49.9 Å². The van der Waals surface area contributed by atoms with E-state index in [-0.39, 0.29) is 17.5 Å². The van der Waals surface area contributed by atoms with E-state index in [9.17, 15) is 19.7 Å². The van der Waals surface area contributed by atoms with Crippen LogP contribution in [0, 0.1) is 10.1 Å². The summed E-state index contributed by atoms with van der Waals surface area (Å²) in [6.45, 7) is 4.00. The van der Waals surface area contributed by atoms with Crippen molar-refractivity contribution >= 4 is 40.5 Å². The number of H-pyrrole nitrogens is 1. The Kier molecular flexibility index (Phi) is 8.18. The van der Waals surface area contributed by atoms with Crippen molar-refractivity contribution in [2.45, 2.75) is 38.5 Å². The predicted octanol–water partition coefficient (Wildman–Crippen LogP) is 5.51. The number of carbonyl (C=O) groups is 2. The number of anilines is 2. The zero-order valence-corrected chi connectivity index (χ0v) is 24.4. The highest BCUT2D eigenvalue weighted by Crippen LogP contribution is 2.38. The normalized spacial score (nSPS) is 16.4. The maximum absolute atomic E-state index is 13.3. The van der Waals surface area contributed by atoms with Gasteiger partial charge in [-0.05, 0) is 60.6 Å². The lowest BCUT2D eigenvalue weighted by atomic mass is 9.90. The van der Waals surface area contributed by atoms with Gasteiger partial charge in [-0.3, -0.25) is 24.7 Å². The summed E-state index contributed by atoms with van der Waals surface area (Å²) >= 11 is 0. The molecule has 0 bridgehead atoms. The molecule has 6 rings (SSSR count). The monoisotopic (exact) mass is 591 g/mol. The Hall–Kier alpha value is -5.32. The molecule has 0 saturated carbocycles. The molecule has 1 fully saturated rings. The Bertz CT molecular complexity index is 1720. The van der Waals surface area contributed by atoms with Gasteiger partial charge in [0.05, 0.1) is 28.2 Å². The first kappa shape index (κ1) is 28.8. The molecule has 2 aliphatic rings. The van der Waals surface area contributed by atoms with Gasteiger partial charge in [-0.2, -0.15) is 0 Å². The van der Waals surface area contributed by atoms with Crippen LogP contribution in [0.3, 0.4) is 0 Å². The third-order valence-corrected chi connectivity index (χ3v) is 8.03. The molecule has 3 aromatic carbocycles. The lowest BCUT2D eigenvalue weighted by molar-refractivity contribution is -0.384. The third-order valence-electron chi connectivity index (χ3n) is 8.03. The highest BCUT2D eigenvalue weighted by Gasteiger charge is 2.36. The number of nitrogens with zero attached hydrogens (tertiary/aromatic N) is 4. The second-order valence-corrected chi connectivity index (χ2v) is 11.1. The summed E-state index contributed by atoms with van der Waals surface area (Å²) in [6.07, 6.45) is 6.08. The molecule has 3 heterocycles. The predicted molar refractivity (Wildman–Crippen MR) is 170 cm³/mol. The largest absolute Gasteiger partial charge is 0.356 e. The van der Waals surface area contributed by atoms with E-state index in [1.165, 1.54) is 38.3 Å². The number of nitrogens with one attached hydrogen (secondary N) is 3. The molecule has 224 valence electrons. The van der Waals surface area contributed by atoms with Crippen LogP contribution in [0.25, 0.3) is 11.3 Å². The van der Waals surface area contributed by atoms with Crippen LogP contribution in [0.5, 0.6) is 0 Å². The van der Waals surface area contributed by atoms with Crippen molar-refractivity contribution < 1.29 is 14.5 Å². The smallest absolute Gasteiger partial charge is 0.269 e. The number of aliphatic imine (C=N–C) groups is 1. The van der Waals surface area contributed by atoms with E-state index in [4.69, 9.17) is 4.99 Å². The second kappa shape index (κ2) is 12.5. The molecule has 2 aliphatic heterocycles. The third kappa shape index (κ3) is 6.22. The molecule has 4 aromatic rings. The molecule has 1 unspecified atom stereocenters. The van der Waals surface area contributed by atoms with Crippen molar-refractivity contribution in [2.24, 2.45) is 4.99 Å². The van der Waals surface area contributed by atoms with E-state index in [2.05, 4.69) is 25.5 Å². The van der Waals surface area contributed by atoms with Crippen LogP contribution in [0.4, 0.5) is 23.0 Å². The van der Waals surface area contributed by atoms with Crippen molar-refractivity contribution in [3.05, 3.63) is 99.7 Å². The average Bonchev–Trinajstić information content (AvgIpc) is 3.65. The quantitative estimate of drug-likeness (QED) is 0.133. The Morgan fingerprint density at radius 1 is 1.07 bits per heavy atom. The number of hydrogen-bond donors (Lipinski definition) is 3. The maximum Gasteiger partial charge on any atom is 0.269 e. The first-order valence-electron chi connectivity index (χ1n) is 14.8. The first-order chi connectivity index (χ1) is 21.4. The lowest BCUT2D eigenvalue weighted by Gasteiger charge is -2.25. The summed E-state index contributed by atoms with van der Waals surface area (Å²) < 4.78 is 0. The first-order valence-corrected chi connectivity index (χ1v) is 14.8. The van der Waals surface area contributed by atoms with Gasteiger partial charge >= 0.3 is 0 Å². The number of nitro groups is 1. The fourth-order valence-electron chi connectivity index (χ4n) is 5.73. The fraction of sp³-hybridized carbons (Fsp3) is 0.273. The van der Waals surface area contributed by atoms with Crippen molar-refractivity contribution in [3.63, 3.8) is 0 Å². The molecule has 1 aromatic heterocycles. The number of carbonyl (C=O) groups excluding carboxylic acids is 2. The van der Waals surface area contributed by atoms with Gasteiger partial charge in [0.2, 0.25) is 17.8 Å². The number of rotatable bonds is 9. The molecule has 11 nitrogen and oxygen atoms in total. The van der Waals surface area contributed by atoms with E-state index in [1.807, 2.05) is 54.7 Å². The number of aromatic amines is 1. The van der Waals surface area contributed by atoms with E-state index in [0.29, 0.717) is 35.6 Å². The van der Waals surface area contributed by atoms with E-state index < -0.39 is 10.8 Å². The van der Waals surface area contributed by atoms with Crippen LogP contribution < -0.4 is 15.5 Å². The minimum absolute atomic E-state index is 0.0861. The van der Waals surface area contributed by atoms with Crippen LogP contribution in [0.15, 0.2) is 77.9 Å². The fourth-order valence-corrected chi connectivity index (χ4v) is 5.73. The second-order valence-electron chi connectivity index (χ2n) is 11.1. The number of amides is 2. The summed E-state index contributed by atoms with van der Waals surface area (Å²) in [5.74, 6) is -0.343. The van der Waals surface area contributed by atoms with Gasteiger partial charge in [-0.15, -0.1) is 0 Å². The topological polar surface area (TPSA) is 146 Å². The van der Waals surface area contributed by atoms with Gasteiger partial charge < -0.3 is 20.5 Å². The number of nitro benzene ring substituents is 1. The molecule has 0 aliphatic carbocycles. The summed E-state index contributed by atoms with van der Waals surface area (Å²) in [4.78, 5) is 50.9. The van der Waals surface area contributed by atoms with Crippen molar-refractivity contribution in [1.82, 2.24) is 15.3 Å². The van der Waals surface area contributed by atoms with Crippen LogP contribution in [-0.4, -0.2) is 52.1 Å². The van der Waals surface area contributed by atoms with Crippen LogP contribution in [0.1, 0.15) is 48.8 Å². The summed E-state index contributed by atoms with van der Waals surface area (Å²) in [5.41, 5.74) is 5.68.